The Balaban J connectivity index is 1.93. The van der Waals surface area contributed by atoms with Gasteiger partial charge in [0.25, 0.3) is 0 Å². The highest BCUT2D eigenvalue weighted by Crippen LogP contribution is 2.23. The lowest BCUT2D eigenvalue weighted by molar-refractivity contribution is -0.115. The van der Waals surface area contributed by atoms with Crippen molar-refractivity contribution < 1.29 is 17.9 Å². The molecule has 1 fully saturated rings. The molecule has 1 heterocycles. The average molecular weight is 384 g/mol. The number of aryl methyl sites for hydroxylation is 1. The van der Waals surface area contributed by atoms with E-state index in [0.29, 0.717) is 26.3 Å². The Hall–Kier alpha value is -1.64. The molecule has 0 atom stereocenters. The molecule has 8 heteroatoms. The summed E-state index contributed by atoms with van der Waals surface area (Å²) in [5, 5.41) is 2.82. The summed E-state index contributed by atoms with van der Waals surface area (Å²) >= 11 is 0. The van der Waals surface area contributed by atoms with Crippen LogP contribution in [0.4, 0.5) is 11.4 Å². The monoisotopic (exact) mass is 383 g/mol. The van der Waals surface area contributed by atoms with E-state index < -0.39 is 10.0 Å². The van der Waals surface area contributed by atoms with Crippen LogP contribution in [0, 0.1) is 6.92 Å². The predicted molar refractivity (Wildman–Crippen MR) is 104 cm³/mol. The van der Waals surface area contributed by atoms with Gasteiger partial charge in [-0.2, -0.15) is 4.31 Å². The lowest BCUT2D eigenvalue weighted by Crippen LogP contribution is -2.42. The third-order valence-corrected chi connectivity index (χ3v) is 6.44. The first-order chi connectivity index (χ1) is 12.4. The number of hydrogen-bond donors (Lipinski definition) is 1. The van der Waals surface area contributed by atoms with Crippen LogP contribution >= 0.6 is 0 Å². The molecule has 1 amide bonds. The maximum atomic E-state index is 12.3. The normalized spacial score (nSPS) is 15.7. The van der Waals surface area contributed by atoms with Crippen LogP contribution in [0.2, 0.25) is 0 Å². The van der Waals surface area contributed by atoms with Gasteiger partial charge in [0.05, 0.1) is 19.0 Å². The maximum absolute atomic E-state index is 12.3. The Morgan fingerprint density at radius 3 is 2.46 bits per heavy atom. The van der Waals surface area contributed by atoms with Crippen LogP contribution in [-0.2, 0) is 19.6 Å². The van der Waals surface area contributed by atoms with Crippen LogP contribution in [-0.4, -0.2) is 63.8 Å². The van der Waals surface area contributed by atoms with Crippen molar-refractivity contribution in [2.24, 2.45) is 0 Å². The number of nitrogens with one attached hydrogen (secondary N) is 1. The summed E-state index contributed by atoms with van der Waals surface area (Å²) in [6.45, 7) is 9.50. The van der Waals surface area contributed by atoms with Gasteiger partial charge in [-0.15, -0.1) is 0 Å². The van der Waals surface area contributed by atoms with Gasteiger partial charge in [-0.25, -0.2) is 8.42 Å². The number of amides is 1. The van der Waals surface area contributed by atoms with Crippen LogP contribution in [0.5, 0.6) is 0 Å². The highest BCUT2D eigenvalue weighted by atomic mass is 32.2. The molecule has 2 rings (SSSR count). The van der Waals surface area contributed by atoms with Crippen molar-refractivity contribution >= 4 is 27.3 Å². The lowest BCUT2D eigenvalue weighted by Gasteiger charge is -2.26. The van der Waals surface area contributed by atoms with Crippen molar-refractivity contribution in [3.05, 3.63) is 23.8 Å². The van der Waals surface area contributed by atoms with E-state index in [9.17, 15) is 13.2 Å². The summed E-state index contributed by atoms with van der Waals surface area (Å²) in [5.74, 6) is -0.476. The van der Waals surface area contributed by atoms with E-state index in [1.165, 1.54) is 4.31 Å². The molecule has 146 valence electrons. The number of benzene rings is 1. The SMILES string of the molecule is CCN(CC)c1ccc(NC(=O)CCS(=O)(=O)N2CCOCC2)c(C)c1. The van der Waals surface area contributed by atoms with E-state index in [1.807, 2.05) is 25.1 Å². The number of anilines is 2. The van der Waals surface area contributed by atoms with Crippen molar-refractivity contribution in [2.45, 2.75) is 27.2 Å². The summed E-state index contributed by atoms with van der Waals surface area (Å²) in [6.07, 6.45) is -0.0586. The van der Waals surface area contributed by atoms with Crippen LogP contribution in [0.25, 0.3) is 0 Å². The molecular weight excluding hydrogens is 354 g/mol. The molecule has 0 spiro atoms. The third-order valence-electron chi connectivity index (χ3n) is 4.56. The van der Waals surface area contributed by atoms with E-state index in [2.05, 4.69) is 24.1 Å². The van der Waals surface area contributed by atoms with Crippen molar-refractivity contribution in [1.29, 1.82) is 0 Å². The molecule has 0 bridgehead atoms. The molecule has 0 unspecified atom stereocenters. The number of carbonyl (C=O) groups is 1. The van der Waals surface area contributed by atoms with E-state index in [1.54, 1.807) is 0 Å². The number of rotatable bonds is 8. The minimum absolute atomic E-state index is 0.0586. The molecule has 1 aliphatic rings. The summed E-state index contributed by atoms with van der Waals surface area (Å²) in [5.41, 5.74) is 2.79. The molecule has 0 radical (unpaired) electrons. The topological polar surface area (TPSA) is 79.0 Å². The smallest absolute Gasteiger partial charge is 0.225 e. The molecule has 1 aromatic rings. The maximum Gasteiger partial charge on any atom is 0.225 e. The molecule has 0 aromatic heterocycles. The zero-order chi connectivity index (χ0) is 19.2. The Kier molecular flexibility index (Phi) is 7.43. The van der Waals surface area contributed by atoms with Crippen LogP contribution in [0.1, 0.15) is 25.8 Å². The van der Waals surface area contributed by atoms with E-state index in [-0.39, 0.29) is 18.1 Å². The predicted octanol–water partition coefficient (Wildman–Crippen LogP) is 1.83. The van der Waals surface area contributed by atoms with Gasteiger partial charge in [0, 0.05) is 44.0 Å². The Morgan fingerprint density at radius 1 is 1.23 bits per heavy atom. The van der Waals surface area contributed by atoms with Crippen LogP contribution in [0.3, 0.4) is 0 Å². The summed E-state index contributed by atoms with van der Waals surface area (Å²) in [7, 11) is -3.42. The number of ether oxygens (including phenoxy) is 1. The van der Waals surface area contributed by atoms with E-state index in [4.69, 9.17) is 4.74 Å². The Bertz CT molecular complexity index is 711. The fourth-order valence-electron chi connectivity index (χ4n) is 2.96. The van der Waals surface area contributed by atoms with E-state index >= 15 is 0 Å². The number of nitrogens with zero attached hydrogens (tertiary/aromatic N) is 2. The minimum Gasteiger partial charge on any atom is -0.379 e. The van der Waals surface area contributed by atoms with Crippen molar-refractivity contribution in [2.75, 3.05) is 55.4 Å². The average Bonchev–Trinajstić information content (AvgIpc) is 2.64. The van der Waals surface area contributed by atoms with Gasteiger partial charge < -0.3 is 15.0 Å². The van der Waals surface area contributed by atoms with Crippen LogP contribution in [0.15, 0.2) is 18.2 Å². The quantitative estimate of drug-likeness (QED) is 0.741. The van der Waals surface area contributed by atoms with Gasteiger partial charge in [0.1, 0.15) is 0 Å². The van der Waals surface area contributed by atoms with Crippen molar-refractivity contribution in [3.8, 4) is 0 Å². The fraction of sp³-hybridized carbons (Fsp3) is 0.611. The minimum atomic E-state index is -3.42. The number of sulfonamides is 1. The van der Waals surface area contributed by atoms with Gasteiger partial charge in [-0.3, -0.25) is 4.79 Å². The number of carbonyl (C=O) groups excluding carboxylic acids is 1. The zero-order valence-corrected chi connectivity index (χ0v) is 16.6. The second-order valence-corrected chi connectivity index (χ2v) is 8.39. The second-order valence-electron chi connectivity index (χ2n) is 6.30. The highest BCUT2D eigenvalue weighted by Gasteiger charge is 2.25. The number of hydrogen-bond acceptors (Lipinski definition) is 5. The molecule has 0 saturated carbocycles. The lowest BCUT2D eigenvalue weighted by atomic mass is 10.1. The van der Waals surface area contributed by atoms with Gasteiger partial charge in [0.2, 0.25) is 15.9 Å². The standard InChI is InChI=1S/C18H29N3O4S/c1-4-20(5-2)16-6-7-17(15(3)14-16)19-18(22)8-13-26(23,24)21-9-11-25-12-10-21/h6-7,14H,4-5,8-13H2,1-3H3,(H,19,22). The first kappa shape index (κ1) is 20.7. The van der Waals surface area contributed by atoms with Crippen molar-refractivity contribution in [3.63, 3.8) is 0 Å². The van der Waals surface area contributed by atoms with Crippen LogP contribution < -0.4 is 10.2 Å². The van der Waals surface area contributed by atoms with Crippen molar-refractivity contribution in [1.82, 2.24) is 4.31 Å². The molecule has 1 aromatic carbocycles. The summed E-state index contributed by atoms with van der Waals surface area (Å²) in [6, 6.07) is 5.88. The molecule has 0 aliphatic carbocycles. The fourth-order valence-corrected chi connectivity index (χ4v) is 4.37. The second kappa shape index (κ2) is 9.34. The third kappa shape index (κ3) is 5.43. The molecule has 7 nitrogen and oxygen atoms in total. The van der Waals surface area contributed by atoms with Gasteiger partial charge in [-0.1, -0.05) is 0 Å². The molecule has 1 saturated heterocycles. The first-order valence-corrected chi connectivity index (χ1v) is 10.7. The largest absolute Gasteiger partial charge is 0.379 e. The van der Waals surface area contributed by atoms with Gasteiger partial charge in [-0.05, 0) is 44.5 Å². The Labute approximate surface area is 156 Å². The molecule has 1 N–H and O–H groups in total. The van der Waals surface area contributed by atoms with Gasteiger partial charge in [0.15, 0.2) is 0 Å². The first-order valence-electron chi connectivity index (χ1n) is 9.08. The number of morpholine rings is 1. The Morgan fingerprint density at radius 2 is 1.88 bits per heavy atom. The highest BCUT2D eigenvalue weighted by molar-refractivity contribution is 7.89. The summed E-state index contributed by atoms with van der Waals surface area (Å²) < 4.78 is 31.1. The molecule has 26 heavy (non-hydrogen) atoms. The zero-order valence-electron chi connectivity index (χ0n) is 15.8. The van der Waals surface area contributed by atoms with E-state index in [0.717, 1.165) is 30.0 Å². The summed E-state index contributed by atoms with van der Waals surface area (Å²) in [4.78, 5) is 14.4. The molecule has 1 aliphatic heterocycles. The molecular formula is C18H29N3O4S. The van der Waals surface area contributed by atoms with Gasteiger partial charge >= 0.3 is 0 Å².